The molecule has 0 aliphatic carbocycles. The molecule has 0 bridgehead atoms. The summed E-state index contributed by atoms with van der Waals surface area (Å²) in [6, 6.07) is 18.5. The zero-order valence-corrected chi connectivity index (χ0v) is 37.0. The van der Waals surface area contributed by atoms with Crippen molar-refractivity contribution in [2.75, 3.05) is 13.2 Å². The Morgan fingerprint density at radius 2 is 0.800 bits per heavy atom. The molecule has 0 aromatic heterocycles. The molecule has 18 heteroatoms. The van der Waals surface area contributed by atoms with Crippen LogP contribution in [0.25, 0.3) is 0 Å². The lowest BCUT2D eigenvalue weighted by atomic mass is 10.0. The van der Waals surface area contributed by atoms with Crippen LogP contribution in [0.3, 0.4) is 0 Å². The van der Waals surface area contributed by atoms with Crippen molar-refractivity contribution in [1.82, 2.24) is 0 Å². The minimum Gasteiger partial charge on any atom is -0.494 e. The van der Waals surface area contributed by atoms with Crippen molar-refractivity contribution in [3.05, 3.63) is 59.7 Å². The molecule has 0 amide bonds. The first-order chi connectivity index (χ1) is 21.4. The van der Waals surface area contributed by atoms with E-state index in [1.165, 1.54) is 11.1 Å². The zero-order chi connectivity index (χ0) is 32.5. The second kappa shape index (κ2) is 17.7. The molecule has 2 aromatic carbocycles. The molecule has 0 saturated carbocycles. The van der Waals surface area contributed by atoms with E-state index in [1.807, 2.05) is 24.3 Å². The van der Waals surface area contributed by atoms with E-state index in [0.29, 0.717) is 13.2 Å². The van der Waals surface area contributed by atoms with Gasteiger partial charge >= 0.3 is 17.1 Å². The molecular formula is C27H52O10Si8. The molecule has 252 valence electrons. The summed E-state index contributed by atoms with van der Waals surface area (Å²) in [5.41, 5.74) is 2.47. The molecular weight excluding hydrogens is 709 g/mol. The molecule has 4 atom stereocenters. The Morgan fingerprint density at radius 3 is 1.11 bits per heavy atom. The standard InChI is InChI=1S/C27H52O10Si8/c1-38-30-40(3)34-44(7,35-41(4)31-38)21-9-19-28-26-15-11-24(12-16-26)23-25-13-17-27(18-14-25)29-20-10-22-45(8)36-42(5)32-39(2)33-43(6)37-45/h11-18,38-43H,9-10,19-23H2,1-8H3. The van der Waals surface area contributed by atoms with Crippen molar-refractivity contribution in [2.45, 2.75) is 83.7 Å². The van der Waals surface area contributed by atoms with Crippen LogP contribution in [0.1, 0.15) is 24.0 Å². The van der Waals surface area contributed by atoms with E-state index in [2.05, 4.69) is 76.6 Å². The number of ether oxygens (including phenoxy) is 2. The molecule has 2 fully saturated rings. The maximum atomic E-state index is 6.37. The SMILES string of the molecule is C[SiH]1O[SiH](C)O[Si](C)(CCCOc2ccc(Cc3ccc(OCCC[Si]4(C)O[SiH](C)O[SiH](C)O[SiH](C)O4)cc3)cc2)O[SiH](C)O1. The van der Waals surface area contributed by atoms with Gasteiger partial charge in [0, 0.05) is 0 Å². The van der Waals surface area contributed by atoms with Gasteiger partial charge in [-0.3, -0.25) is 0 Å². The van der Waals surface area contributed by atoms with Crippen molar-refractivity contribution in [1.29, 1.82) is 0 Å². The van der Waals surface area contributed by atoms with Gasteiger partial charge in [-0.25, -0.2) is 0 Å². The van der Waals surface area contributed by atoms with Gasteiger partial charge in [-0.05, 0) is 119 Å². The van der Waals surface area contributed by atoms with Crippen LogP contribution in [0, 0.1) is 0 Å². The summed E-state index contributed by atoms with van der Waals surface area (Å²) in [5, 5.41) is 0. The van der Waals surface area contributed by atoms with Crippen LogP contribution in [-0.2, 0) is 39.3 Å². The first-order valence-corrected chi connectivity index (χ1v) is 33.8. The lowest BCUT2D eigenvalue weighted by Crippen LogP contribution is -2.53. The van der Waals surface area contributed by atoms with E-state index in [1.54, 1.807) is 0 Å². The molecule has 0 radical (unpaired) electrons. The summed E-state index contributed by atoms with van der Waals surface area (Å²) in [6.45, 7) is 17.9. The van der Waals surface area contributed by atoms with Crippen LogP contribution in [0.15, 0.2) is 48.5 Å². The van der Waals surface area contributed by atoms with E-state index in [4.69, 9.17) is 42.4 Å². The monoisotopic (exact) mass is 760 g/mol. The molecule has 2 aliphatic rings. The molecule has 2 heterocycles. The van der Waals surface area contributed by atoms with Crippen molar-refractivity contribution >= 4 is 72.8 Å². The third kappa shape index (κ3) is 13.1. The van der Waals surface area contributed by atoms with Crippen LogP contribution in [0.4, 0.5) is 0 Å². The molecule has 10 nitrogen and oxygen atoms in total. The van der Waals surface area contributed by atoms with Gasteiger partial charge in [-0.15, -0.1) is 0 Å². The van der Waals surface area contributed by atoms with Gasteiger partial charge in [0.05, 0.1) is 13.2 Å². The highest BCUT2D eigenvalue weighted by atomic mass is 28.5. The molecule has 4 rings (SSSR count). The second-order valence-electron chi connectivity index (χ2n) is 12.1. The summed E-state index contributed by atoms with van der Waals surface area (Å²) in [4.78, 5) is 0. The van der Waals surface area contributed by atoms with E-state index >= 15 is 0 Å². The molecule has 2 aliphatic heterocycles. The Labute approximate surface area is 282 Å². The predicted octanol–water partition coefficient (Wildman–Crippen LogP) is 4.22. The Bertz CT molecular complexity index is 1050. The highest BCUT2D eigenvalue weighted by Crippen LogP contribution is 2.24. The average molecular weight is 761 g/mol. The molecule has 2 aromatic rings. The minimum atomic E-state index is -2.31. The van der Waals surface area contributed by atoms with Gasteiger partial charge in [0.15, 0.2) is 0 Å². The molecule has 4 unspecified atom stereocenters. The fourth-order valence-electron chi connectivity index (χ4n) is 5.76. The smallest absolute Gasteiger partial charge is 0.317 e. The normalized spacial score (nSPS) is 33.0. The summed E-state index contributed by atoms with van der Waals surface area (Å²) < 4.78 is 61.7. The first kappa shape index (κ1) is 37.3. The van der Waals surface area contributed by atoms with E-state index < -0.39 is 72.8 Å². The van der Waals surface area contributed by atoms with Crippen molar-refractivity contribution in [2.24, 2.45) is 0 Å². The summed E-state index contributed by atoms with van der Waals surface area (Å²) in [7, 11) is -14.7. The van der Waals surface area contributed by atoms with Gasteiger partial charge in [-0.2, -0.15) is 0 Å². The maximum absolute atomic E-state index is 6.37. The van der Waals surface area contributed by atoms with E-state index in [-0.39, 0.29) is 0 Å². The van der Waals surface area contributed by atoms with Crippen LogP contribution in [0.2, 0.25) is 64.5 Å². The first-order valence-electron chi connectivity index (χ1n) is 16.2. The van der Waals surface area contributed by atoms with Gasteiger partial charge in [-0.1, -0.05) is 24.3 Å². The third-order valence-electron chi connectivity index (χ3n) is 7.54. The second-order valence-corrected chi connectivity index (χ2v) is 32.5. The Morgan fingerprint density at radius 1 is 0.489 bits per heavy atom. The highest BCUT2D eigenvalue weighted by molar-refractivity contribution is 6.81. The van der Waals surface area contributed by atoms with Crippen molar-refractivity contribution in [3.8, 4) is 11.5 Å². The zero-order valence-electron chi connectivity index (χ0n) is 28.1. The Hall–Kier alpha value is -0.545. The number of benzene rings is 2. The number of hydrogen-bond donors (Lipinski definition) is 0. The Balaban J connectivity index is 1.15. The summed E-state index contributed by atoms with van der Waals surface area (Å²) in [6.07, 6.45) is 2.61. The molecule has 45 heavy (non-hydrogen) atoms. The van der Waals surface area contributed by atoms with Crippen LogP contribution in [0.5, 0.6) is 11.5 Å². The van der Waals surface area contributed by atoms with Gasteiger partial charge < -0.3 is 42.4 Å². The average Bonchev–Trinajstić information content (AvgIpc) is 2.93. The van der Waals surface area contributed by atoms with Crippen LogP contribution in [-0.4, -0.2) is 86.0 Å². The highest BCUT2D eigenvalue weighted by Gasteiger charge is 2.40. The van der Waals surface area contributed by atoms with Gasteiger partial charge in [0.25, 0.3) is 55.7 Å². The summed E-state index contributed by atoms with van der Waals surface area (Å²) in [5.74, 6) is 1.76. The topological polar surface area (TPSA) is 92.3 Å². The van der Waals surface area contributed by atoms with Crippen LogP contribution >= 0.6 is 0 Å². The Kier molecular flexibility index (Phi) is 14.7. The number of hydrogen-bond acceptors (Lipinski definition) is 10. The van der Waals surface area contributed by atoms with Crippen molar-refractivity contribution < 1.29 is 42.4 Å². The quantitative estimate of drug-likeness (QED) is 0.232. The predicted molar refractivity (Wildman–Crippen MR) is 196 cm³/mol. The van der Waals surface area contributed by atoms with Gasteiger partial charge in [0.2, 0.25) is 0 Å². The molecule has 0 spiro atoms. The molecule has 0 N–H and O–H groups in total. The van der Waals surface area contributed by atoms with E-state index in [0.717, 1.165) is 42.8 Å². The third-order valence-corrected chi connectivity index (χ3v) is 35.6. The lowest BCUT2D eigenvalue weighted by Gasteiger charge is -2.37. The summed E-state index contributed by atoms with van der Waals surface area (Å²) >= 11 is 0. The fraction of sp³-hybridized carbons (Fsp3) is 0.556. The van der Waals surface area contributed by atoms with E-state index in [9.17, 15) is 0 Å². The number of rotatable bonds is 12. The van der Waals surface area contributed by atoms with Crippen LogP contribution < -0.4 is 9.47 Å². The van der Waals surface area contributed by atoms with Gasteiger partial charge in [0.1, 0.15) is 11.5 Å². The lowest BCUT2D eigenvalue weighted by molar-refractivity contribution is 0.264. The fourth-order valence-corrected chi connectivity index (χ4v) is 35.1. The minimum absolute atomic E-state index is 0.627. The molecule has 2 saturated heterocycles. The van der Waals surface area contributed by atoms with Crippen molar-refractivity contribution in [3.63, 3.8) is 0 Å². The maximum Gasteiger partial charge on any atom is 0.317 e. The largest absolute Gasteiger partial charge is 0.494 e.